The summed E-state index contributed by atoms with van der Waals surface area (Å²) in [4.78, 5) is 13.6. The molecule has 1 aliphatic heterocycles. The van der Waals surface area contributed by atoms with Gasteiger partial charge in [0.05, 0.1) is 19.3 Å². The summed E-state index contributed by atoms with van der Waals surface area (Å²) in [6, 6.07) is 0.646. The maximum Gasteiger partial charge on any atom is 0.146 e. The second-order valence-electron chi connectivity index (χ2n) is 5.27. The van der Waals surface area contributed by atoms with Crippen molar-refractivity contribution in [3.05, 3.63) is 0 Å². The van der Waals surface area contributed by atoms with E-state index in [1.807, 2.05) is 6.92 Å². The zero-order valence-corrected chi connectivity index (χ0v) is 12.1. The zero-order valence-electron chi connectivity index (χ0n) is 12.1. The van der Waals surface area contributed by atoms with Gasteiger partial charge < -0.3 is 15.0 Å². The number of carbonyl (C=O) groups excluding carboxylic acids is 1. The van der Waals surface area contributed by atoms with Crippen molar-refractivity contribution in [1.29, 1.82) is 0 Å². The topological polar surface area (TPSA) is 41.6 Å². The number of Topliss-reactive ketones (excluding diaryl/α,β-unsaturated/α-hetero) is 1. The third-order valence-corrected chi connectivity index (χ3v) is 3.56. The van der Waals surface area contributed by atoms with Gasteiger partial charge in [0, 0.05) is 32.1 Å². The summed E-state index contributed by atoms with van der Waals surface area (Å²) in [6.07, 6.45) is 3.28. The third kappa shape index (κ3) is 5.94. The van der Waals surface area contributed by atoms with Crippen molar-refractivity contribution in [2.45, 2.75) is 52.2 Å². The van der Waals surface area contributed by atoms with Gasteiger partial charge in [-0.15, -0.1) is 0 Å². The van der Waals surface area contributed by atoms with Crippen LogP contribution in [0.1, 0.15) is 40.0 Å². The summed E-state index contributed by atoms with van der Waals surface area (Å²) in [5.74, 6) is 0.264. The molecular weight excluding hydrogens is 228 g/mol. The molecule has 4 heteroatoms. The number of ether oxygens (including phenoxy) is 1. The summed E-state index contributed by atoms with van der Waals surface area (Å²) < 4.78 is 5.83. The minimum absolute atomic E-state index is 0.264. The molecule has 0 amide bonds. The molecule has 1 heterocycles. The number of nitrogens with zero attached hydrogens (tertiary/aromatic N) is 1. The standard InChI is InChI=1S/C14H28N2O2/c1-4-13(17)11-15-7-10-18-14-5-8-16(9-6-14)12(2)3/h12,14-15H,4-11H2,1-3H3. The van der Waals surface area contributed by atoms with Gasteiger partial charge in [0.15, 0.2) is 0 Å². The molecule has 0 aliphatic carbocycles. The predicted molar refractivity (Wildman–Crippen MR) is 73.9 cm³/mol. The second-order valence-corrected chi connectivity index (χ2v) is 5.27. The van der Waals surface area contributed by atoms with Crippen LogP contribution < -0.4 is 5.32 Å². The molecule has 1 rings (SSSR count). The molecule has 18 heavy (non-hydrogen) atoms. The minimum Gasteiger partial charge on any atom is -0.377 e. The van der Waals surface area contributed by atoms with Crippen LogP contribution >= 0.6 is 0 Å². The first-order valence-corrected chi connectivity index (χ1v) is 7.21. The monoisotopic (exact) mass is 256 g/mol. The summed E-state index contributed by atoms with van der Waals surface area (Å²) >= 11 is 0. The van der Waals surface area contributed by atoms with Crippen molar-refractivity contribution in [1.82, 2.24) is 10.2 Å². The molecule has 0 aromatic rings. The number of hydrogen-bond donors (Lipinski definition) is 1. The normalized spacial score (nSPS) is 18.4. The Bertz CT molecular complexity index is 236. The molecule has 1 saturated heterocycles. The quantitative estimate of drug-likeness (QED) is 0.667. The van der Waals surface area contributed by atoms with E-state index in [-0.39, 0.29) is 5.78 Å². The van der Waals surface area contributed by atoms with E-state index in [1.54, 1.807) is 0 Å². The second kappa shape index (κ2) is 8.62. The van der Waals surface area contributed by atoms with Crippen LogP contribution in [-0.2, 0) is 9.53 Å². The van der Waals surface area contributed by atoms with Gasteiger partial charge in [-0.25, -0.2) is 0 Å². The Morgan fingerprint density at radius 3 is 2.61 bits per heavy atom. The van der Waals surface area contributed by atoms with E-state index in [2.05, 4.69) is 24.1 Å². The highest BCUT2D eigenvalue weighted by atomic mass is 16.5. The highest BCUT2D eigenvalue weighted by Crippen LogP contribution is 2.15. The van der Waals surface area contributed by atoms with Gasteiger partial charge in [0.2, 0.25) is 0 Å². The van der Waals surface area contributed by atoms with Crippen LogP contribution in [0, 0.1) is 0 Å². The number of nitrogens with one attached hydrogen (secondary N) is 1. The van der Waals surface area contributed by atoms with Gasteiger partial charge in [-0.3, -0.25) is 4.79 Å². The fraction of sp³-hybridized carbons (Fsp3) is 0.929. The lowest BCUT2D eigenvalue weighted by atomic mass is 10.1. The number of carbonyl (C=O) groups is 1. The SMILES string of the molecule is CCC(=O)CNCCOC1CCN(C(C)C)CC1. The number of ketones is 1. The lowest BCUT2D eigenvalue weighted by Crippen LogP contribution is -2.41. The summed E-state index contributed by atoms with van der Waals surface area (Å²) in [5.41, 5.74) is 0. The molecule has 0 saturated carbocycles. The molecule has 0 spiro atoms. The summed E-state index contributed by atoms with van der Waals surface area (Å²) in [7, 11) is 0. The molecule has 0 radical (unpaired) electrons. The highest BCUT2D eigenvalue weighted by Gasteiger charge is 2.20. The van der Waals surface area contributed by atoms with E-state index in [0.29, 0.717) is 31.7 Å². The number of rotatable bonds is 8. The molecule has 1 N–H and O–H groups in total. The number of piperidine rings is 1. The van der Waals surface area contributed by atoms with E-state index in [4.69, 9.17) is 4.74 Å². The van der Waals surface area contributed by atoms with Crippen LogP contribution in [0.2, 0.25) is 0 Å². The molecule has 0 atom stereocenters. The molecule has 4 nitrogen and oxygen atoms in total. The van der Waals surface area contributed by atoms with Gasteiger partial charge in [-0.1, -0.05) is 6.92 Å². The van der Waals surface area contributed by atoms with Gasteiger partial charge in [0.25, 0.3) is 0 Å². The Hall–Kier alpha value is -0.450. The van der Waals surface area contributed by atoms with Crippen molar-refractivity contribution in [2.24, 2.45) is 0 Å². The highest BCUT2D eigenvalue weighted by molar-refractivity contribution is 5.80. The van der Waals surface area contributed by atoms with Crippen LogP contribution in [0.15, 0.2) is 0 Å². The lowest BCUT2D eigenvalue weighted by Gasteiger charge is -2.34. The van der Waals surface area contributed by atoms with E-state index < -0.39 is 0 Å². The van der Waals surface area contributed by atoms with Crippen molar-refractivity contribution in [3.63, 3.8) is 0 Å². The maximum absolute atomic E-state index is 11.1. The van der Waals surface area contributed by atoms with Crippen LogP contribution in [-0.4, -0.2) is 55.6 Å². The van der Waals surface area contributed by atoms with E-state index in [1.165, 1.54) is 0 Å². The first kappa shape index (κ1) is 15.6. The van der Waals surface area contributed by atoms with Crippen LogP contribution in [0.25, 0.3) is 0 Å². The van der Waals surface area contributed by atoms with E-state index in [0.717, 1.165) is 32.5 Å². The fourth-order valence-corrected chi connectivity index (χ4v) is 2.21. The average Bonchev–Trinajstić information content (AvgIpc) is 2.38. The Kier molecular flexibility index (Phi) is 7.47. The zero-order chi connectivity index (χ0) is 13.4. The Balaban J connectivity index is 1.99. The molecule has 1 fully saturated rings. The molecule has 0 aromatic heterocycles. The van der Waals surface area contributed by atoms with Crippen molar-refractivity contribution < 1.29 is 9.53 Å². The first-order chi connectivity index (χ1) is 8.63. The average molecular weight is 256 g/mol. The van der Waals surface area contributed by atoms with Gasteiger partial charge >= 0.3 is 0 Å². The van der Waals surface area contributed by atoms with Gasteiger partial charge in [-0.05, 0) is 26.7 Å². The van der Waals surface area contributed by atoms with E-state index in [9.17, 15) is 4.79 Å². The summed E-state index contributed by atoms with van der Waals surface area (Å²) in [5, 5.41) is 3.12. The Labute approximate surface area is 111 Å². The minimum atomic E-state index is 0.264. The van der Waals surface area contributed by atoms with Crippen molar-refractivity contribution in [3.8, 4) is 0 Å². The Morgan fingerprint density at radius 2 is 2.06 bits per heavy atom. The van der Waals surface area contributed by atoms with Crippen molar-refractivity contribution in [2.75, 3.05) is 32.8 Å². The summed E-state index contributed by atoms with van der Waals surface area (Å²) in [6.45, 7) is 10.6. The lowest BCUT2D eigenvalue weighted by molar-refractivity contribution is -0.118. The largest absolute Gasteiger partial charge is 0.377 e. The molecular formula is C14H28N2O2. The first-order valence-electron chi connectivity index (χ1n) is 7.21. The van der Waals surface area contributed by atoms with Crippen LogP contribution in [0.5, 0.6) is 0 Å². The van der Waals surface area contributed by atoms with Crippen molar-refractivity contribution >= 4 is 5.78 Å². The molecule has 0 aromatic carbocycles. The van der Waals surface area contributed by atoms with Gasteiger partial charge in [0.1, 0.15) is 5.78 Å². The van der Waals surface area contributed by atoms with E-state index >= 15 is 0 Å². The molecule has 0 bridgehead atoms. The number of likely N-dealkylation sites (tertiary alicyclic amines) is 1. The number of hydrogen-bond acceptors (Lipinski definition) is 4. The maximum atomic E-state index is 11.1. The fourth-order valence-electron chi connectivity index (χ4n) is 2.21. The molecule has 106 valence electrons. The smallest absolute Gasteiger partial charge is 0.146 e. The van der Waals surface area contributed by atoms with Crippen LogP contribution in [0.4, 0.5) is 0 Å². The third-order valence-electron chi connectivity index (χ3n) is 3.56. The molecule has 1 aliphatic rings. The van der Waals surface area contributed by atoms with Gasteiger partial charge in [-0.2, -0.15) is 0 Å². The van der Waals surface area contributed by atoms with Crippen LogP contribution in [0.3, 0.4) is 0 Å². The Morgan fingerprint density at radius 1 is 1.39 bits per heavy atom. The molecule has 0 unspecified atom stereocenters. The predicted octanol–water partition coefficient (Wildman–Crippen LogP) is 1.44.